The van der Waals surface area contributed by atoms with Crippen LogP contribution in [0.2, 0.25) is 0 Å². The van der Waals surface area contributed by atoms with Crippen LogP contribution in [0, 0.1) is 22.5 Å². The van der Waals surface area contributed by atoms with Gasteiger partial charge in [0.05, 0.1) is 28.1 Å². The molecule has 0 spiro atoms. The van der Waals surface area contributed by atoms with Crippen molar-refractivity contribution in [2.45, 2.75) is 13.0 Å². The second kappa shape index (κ2) is 7.11. The summed E-state index contributed by atoms with van der Waals surface area (Å²) in [5, 5.41) is 10.9. The van der Waals surface area contributed by atoms with Gasteiger partial charge in [0.15, 0.2) is 4.80 Å². The number of fused-ring (bicyclic) bond motifs is 1. The molecule has 0 bridgehead atoms. The number of nitro benzene ring substituents is 1. The highest BCUT2D eigenvalue weighted by Gasteiger charge is 2.12. The molecule has 1 amide bonds. The Morgan fingerprint density at radius 2 is 2.04 bits per heavy atom. The molecule has 1 heterocycles. The van der Waals surface area contributed by atoms with Crippen molar-refractivity contribution in [3.8, 4) is 12.3 Å². The zero-order valence-electron chi connectivity index (χ0n) is 13.1. The van der Waals surface area contributed by atoms with Crippen LogP contribution in [0.5, 0.6) is 0 Å². The zero-order chi connectivity index (χ0) is 17.8. The fourth-order valence-corrected chi connectivity index (χ4v) is 3.50. The van der Waals surface area contributed by atoms with Crippen LogP contribution in [0.4, 0.5) is 5.69 Å². The maximum absolute atomic E-state index is 12.3. The SMILES string of the molecule is C#CCn1c(=NC(=O)Cc2ccccc2)sc2cc([N+](=O)[O-])ccc21. The lowest BCUT2D eigenvalue weighted by molar-refractivity contribution is -0.384. The van der Waals surface area contributed by atoms with Gasteiger partial charge in [0.25, 0.3) is 11.6 Å². The molecular formula is C18H13N3O3S. The number of terminal acetylenes is 1. The average Bonchev–Trinajstić information content (AvgIpc) is 2.92. The summed E-state index contributed by atoms with van der Waals surface area (Å²) >= 11 is 1.21. The predicted molar refractivity (Wildman–Crippen MR) is 96.0 cm³/mol. The largest absolute Gasteiger partial charge is 0.305 e. The number of hydrogen-bond acceptors (Lipinski definition) is 4. The molecule has 0 unspecified atom stereocenters. The second-order valence-electron chi connectivity index (χ2n) is 5.25. The van der Waals surface area contributed by atoms with Crippen molar-refractivity contribution >= 4 is 33.1 Å². The van der Waals surface area contributed by atoms with Crippen molar-refractivity contribution in [2.75, 3.05) is 0 Å². The maximum Gasteiger partial charge on any atom is 0.270 e. The molecule has 2 aromatic carbocycles. The smallest absolute Gasteiger partial charge is 0.270 e. The van der Waals surface area contributed by atoms with Crippen molar-refractivity contribution < 1.29 is 9.72 Å². The summed E-state index contributed by atoms with van der Waals surface area (Å²) in [6, 6.07) is 13.8. The standard InChI is InChI=1S/C18H13N3O3S/c1-2-10-20-15-9-8-14(21(23)24)12-16(15)25-18(20)19-17(22)11-13-6-4-3-5-7-13/h1,3-9,12H,10-11H2. The van der Waals surface area contributed by atoms with Gasteiger partial charge >= 0.3 is 0 Å². The fourth-order valence-electron chi connectivity index (χ4n) is 2.42. The number of amides is 1. The number of non-ortho nitro benzene ring substituents is 1. The van der Waals surface area contributed by atoms with Crippen molar-refractivity contribution in [2.24, 2.45) is 4.99 Å². The van der Waals surface area contributed by atoms with E-state index >= 15 is 0 Å². The van der Waals surface area contributed by atoms with E-state index in [9.17, 15) is 14.9 Å². The van der Waals surface area contributed by atoms with Crippen LogP contribution < -0.4 is 4.80 Å². The Morgan fingerprint density at radius 3 is 2.72 bits per heavy atom. The zero-order valence-corrected chi connectivity index (χ0v) is 13.9. The van der Waals surface area contributed by atoms with E-state index < -0.39 is 4.92 Å². The summed E-state index contributed by atoms with van der Waals surface area (Å²) in [5.41, 5.74) is 1.58. The molecule has 0 saturated heterocycles. The van der Waals surface area contributed by atoms with E-state index in [2.05, 4.69) is 10.9 Å². The van der Waals surface area contributed by atoms with E-state index in [1.165, 1.54) is 23.5 Å². The summed E-state index contributed by atoms with van der Waals surface area (Å²) in [5.74, 6) is 2.23. The van der Waals surface area contributed by atoms with Gasteiger partial charge in [0, 0.05) is 12.1 Å². The molecule has 0 N–H and O–H groups in total. The minimum atomic E-state index is -0.456. The van der Waals surface area contributed by atoms with E-state index in [0.29, 0.717) is 9.50 Å². The third kappa shape index (κ3) is 3.65. The first kappa shape index (κ1) is 16.6. The summed E-state index contributed by atoms with van der Waals surface area (Å²) in [6.07, 6.45) is 5.60. The van der Waals surface area contributed by atoms with E-state index in [1.807, 2.05) is 30.3 Å². The molecule has 0 saturated carbocycles. The van der Waals surface area contributed by atoms with Crippen LogP contribution in [-0.4, -0.2) is 15.4 Å². The number of thiazole rings is 1. The third-order valence-corrected chi connectivity index (χ3v) is 4.59. The van der Waals surface area contributed by atoms with Gasteiger partial charge in [0.2, 0.25) is 0 Å². The van der Waals surface area contributed by atoms with Crippen molar-refractivity contribution in [1.82, 2.24) is 4.57 Å². The molecule has 0 atom stereocenters. The van der Waals surface area contributed by atoms with Crippen LogP contribution in [0.15, 0.2) is 53.5 Å². The summed E-state index contributed by atoms with van der Waals surface area (Å²) in [7, 11) is 0. The number of benzene rings is 2. The van der Waals surface area contributed by atoms with Gasteiger partial charge in [-0.1, -0.05) is 47.6 Å². The molecule has 0 radical (unpaired) electrons. The maximum atomic E-state index is 12.3. The molecule has 3 rings (SSSR count). The minimum Gasteiger partial charge on any atom is -0.305 e. The van der Waals surface area contributed by atoms with Crippen molar-refractivity contribution in [3.05, 3.63) is 69.0 Å². The number of hydrogen-bond donors (Lipinski definition) is 0. The molecule has 6 nitrogen and oxygen atoms in total. The van der Waals surface area contributed by atoms with E-state index in [0.717, 1.165) is 11.1 Å². The Morgan fingerprint density at radius 1 is 1.28 bits per heavy atom. The quantitative estimate of drug-likeness (QED) is 0.412. The van der Waals surface area contributed by atoms with Gasteiger partial charge in [-0.15, -0.1) is 6.42 Å². The Bertz CT molecular complexity index is 1060. The van der Waals surface area contributed by atoms with E-state index in [4.69, 9.17) is 6.42 Å². The van der Waals surface area contributed by atoms with Crippen LogP contribution in [-0.2, 0) is 17.8 Å². The molecule has 0 aliphatic carbocycles. The van der Waals surface area contributed by atoms with Gasteiger partial charge < -0.3 is 4.57 Å². The van der Waals surface area contributed by atoms with Crippen molar-refractivity contribution in [1.29, 1.82) is 0 Å². The highest BCUT2D eigenvalue weighted by Crippen LogP contribution is 2.23. The molecule has 0 aliphatic heterocycles. The van der Waals surface area contributed by atoms with Gasteiger partial charge in [-0.05, 0) is 11.6 Å². The first-order valence-corrected chi connectivity index (χ1v) is 8.23. The van der Waals surface area contributed by atoms with E-state index in [-0.39, 0.29) is 24.6 Å². The topological polar surface area (TPSA) is 77.5 Å². The lowest BCUT2D eigenvalue weighted by Gasteiger charge is -2.00. The highest BCUT2D eigenvalue weighted by molar-refractivity contribution is 7.16. The first-order valence-electron chi connectivity index (χ1n) is 7.41. The highest BCUT2D eigenvalue weighted by atomic mass is 32.1. The minimum absolute atomic E-state index is 0.0104. The number of nitro groups is 1. The van der Waals surface area contributed by atoms with Crippen LogP contribution >= 0.6 is 11.3 Å². The average molecular weight is 351 g/mol. The van der Waals surface area contributed by atoms with Crippen molar-refractivity contribution in [3.63, 3.8) is 0 Å². The van der Waals surface area contributed by atoms with E-state index in [1.54, 1.807) is 10.6 Å². The summed E-state index contributed by atoms with van der Waals surface area (Å²) in [4.78, 5) is 27.3. The van der Waals surface area contributed by atoms with Gasteiger partial charge in [-0.25, -0.2) is 0 Å². The Labute approximate surface area is 147 Å². The van der Waals surface area contributed by atoms with Crippen LogP contribution in [0.1, 0.15) is 5.56 Å². The monoisotopic (exact) mass is 351 g/mol. The normalized spacial score (nSPS) is 11.4. The number of rotatable bonds is 4. The lowest BCUT2D eigenvalue weighted by Crippen LogP contribution is -2.17. The fraction of sp³-hybridized carbons (Fsp3) is 0.111. The molecule has 3 aromatic rings. The molecule has 0 aliphatic rings. The molecule has 0 fully saturated rings. The first-order chi connectivity index (χ1) is 12.1. The Hall–Kier alpha value is -3.24. The van der Waals surface area contributed by atoms with Gasteiger partial charge in [-0.2, -0.15) is 4.99 Å². The molecule has 25 heavy (non-hydrogen) atoms. The summed E-state index contributed by atoms with van der Waals surface area (Å²) < 4.78 is 2.38. The number of nitrogens with zero attached hydrogens (tertiary/aromatic N) is 3. The molecule has 124 valence electrons. The number of aromatic nitrogens is 1. The van der Waals surface area contributed by atoms with Crippen LogP contribution in [0.25, 0.3) is 10.2 Å². The molecule has 7 heteroatoms. The Balaban J connectivity index is 2.04. The third-order valence-electron chi connectivity index (χ3n) is 3.55. The molecule has 1 aromatic heterocycles. The van der Waals surface area contributed by atoms with Gasteiger partial charge in [0.1, 0.15) is 0 Å². The number of carbonyl (C=O) groups excluding carboxylic acids is 1. The summed E-state index contributed by atoms with van der Waals surface area (Å²) in [6.45, 7) is 0.231. The second-order valence-corrected chi connectivity index (χ2v) is 6.26. The van der Waals surface area contributed by atoms with Crippen LogP contribution in [0.3, 0.4) is 0 Å². The number of carbonyl (C=O) groups is 1. The predicted octanol–water partition coefficient (Wildman–Crippen LogP) is 2.91. The van der Waals surface area contributed by atoms with Gasteiger partial charge in [-0.3, -0.25) is 14.9 Å². The lowest BCUT2D eigenvalue weighted by atomic mass is 10.1. The molecular weight excluding hydrogens is 338 g/mol. The Kier molecular flexibility index (Phi) is 4.73.